The Labute approximate surface area is 166 Å². The number of carbonyl (C=O) groups excluding carboxylic acids is 2. The van der Waals surface area contributed by atoms with Crippen LogP contribution in [0, 0.1) is 0 Å². The number of ether oxygens (including phenoxy) is 4. The number of hydrogen-bond donors (Lipinski definition) is 0. The van der Waals surface area contributed by atoms with Crippen molar-refractivity contribution < 1.29 is 28.5 Å². The quantitative estimate of drug-likeness (QED) is 0.525. The normalized spacial score (nSPS) is 15.6. The van der Waals surface area contributed by atoms with E-state index in [1.54, 1.807) is 30.0 Å². The van der Waals surface area contributed by atoms with Gasteiger partial charge >= 0.3 is 5.97 Å². The summed E-state index contributed by atoms with van der Waals surface area (Å²) < 4.78 is 21.1. The maximum atomic E-state index is 12.5. The molecule has 1 aromatic carbocycles. The summed E-state index contributed by atoms with van der Waals surface area (Å²) in [7, 11) is 4.59. The van der Waals surface area contributed by atoms with E-state index >= 15 is 0 Å². The average molecular weight is 391 g/mol. The van der Waals surface area contributed by atoms with Gasteiger partial charge in [-0.1, -0.05) is 12.8 Å². The number of nitrogens with zero attached hydrogens (tertiary/aromatic N) is 1. The van der Waals surface area contributed by atoms with Gasteiger partial charge in [0.1, 0.15) is 5.75 Å². The highest BCUT2D eigenvalue weighted by atomic mass is 16.5. The third-order valence-corrected chi connectivity index (χ3v) is 4.69. The van der Waals surface area contributed by atoms with Gasteiger partial charge in [-0.05, 0) is 31.9 Å². The monoisotopic (exact) mass is 391 g/mol. The van der Waals surface area contributed by atoms with Crippen LogP contribution in [0.2, 0.25) is 0 Å². The lowest BCUT2D eigenvalue weighted by atomic mass is 10.1. The third-order valence-electron chi connectivity index (χ3n) is 4.69. The lowest BCUT2D eigenvalue weighted by Gasteiger charge is -2.23. The second-order valence-electron chi connectivity index (χ2n) is 6.60. The summed E-state index contributed by atoms with van der Waals surface area (Å²) in [5.74, 6) is 0.826. The predicted octanol–water partition coefficient (Wildman–Crippen LogP) is 3.06. The summed E-state index contributed by atoms with van der Waals surface area (Å²) in [6, 6.07) is 3.38. The Morgan fingerprint density at radius 2 is 1.50 bits per heavy atom. The number of methoxy groups -OCH3 is 3. The fourth-order valence-corrected chi connectivity index (χ4v) is 3.15. The molecule has 1 aromatic rings. The minimum absolute atomic E-state index is 0.146. The molecule has 1 amide bonds. The van der Waals surface area contributed by atoms with Crippen LogP contribution < -0.4 is 14.2 Å². The summed E-state index contributed by atoms with van der Waals surface area (Å²) in [4.78, 5) is 26.5. The fourth-order valence-electron chi connectivity index (χ4n) is 3.15. The summed E-state index contributed by atoms with van der Waals surface area (Å²) >= 11 is 0. The van der Waals surface area contributed by atoms with Gasteiger partial charge in [-0.15, -0.1) is 0 Å². The van der Waals surface area contributed by atoms with Gasteiger partial charge in [0, 0.05) is 30.8 Å². The molecule has 0 bridgehead atoms. The fraction of sp³-hybridized carbons (Fsp3) is 0.524. The van der Waals surface area contributed by atoms with E-state index in [2.05, 4.69) is 0 Å². The number of rotatable bonds is 7. The molecule has 1 atom stereocenters. The number of likely N-dealkylation sites (tertiary alicyclic amines) is 1. The zero-order chi connectivity index (χ0) is 20.5. The Morgan fingerprint density at radius 1 is 0.929 bits per heavy atom. The van der Waals surface area contributed by atoms with Crippen LogP contribution in [0.1, 0.15) is 38.2 Å². The standard InChI is InChI=1S/C21H29NO6/c1-15(21(24)22-11-7-5-6-8-12-22)28-20(23)10-9-16-13-18(26-3)19(27-4)14-17(16)25-2/h9-10,13-15H,5-8,11-12H2,1-4H3/b10-9+/t15-/m1/s1. The molecule has 0 aliphatic carbocycles. The van der Waals surface area contributed by atoms with Gasteiger partial charge in [0.05, 0.1) is 21.3 Å². The Hall–Kier alpha value is -2.70. The molecule has 0 unspecified atom stereocenters. The number of benzene rings is 1. The second-order valence-corrected chi connectivity index (χ2v) is 6.60. The second kappa shape index (κ2) is 10.6. The van der Waals surface area contributed by atoms with Crippen molar-refractivity contribution in [2.45, 2.75) is 38.7 Å². The van der Waals surface area contributed by atoms with Gasteiger partial charge in [0.15, 0.2) is 17.6 Å². The first-order chi connectivity index (χ1) is 13.5. The van der Waals surface area contributed by atoms with Gasteiger partial charge in [-0.3, -0.25) is 4.79 Å². The van der Waals surface area contributed by atoms with Crippen molar-refractivity contribution in [1.82, 2.24) is 4.90 Å². The maximum absolute atomic E-state index is 12.5. The molecule has 7 nitrogen and oxygen atoms in total. The van der Waals surface area contributed by atoms with E-state index in [1.165, 1.54) is 27.4 Å². The highest BCUT2D eigenvalue weighted by Crippen LogP contribution is 2.35. The van der Waals surface area contributed by atoms with E-state index in [4.69, 9.17) is 18.9 Å². The van der Waals surface area contributed by atoms with E-state index < -0.39 is 12.1 Å². The summed E-state index contributed by atoms with van der Waals surface area (Å²) in [6.45, 7) is 3.05. The lowest BCUT2D eigenvalue weighted by Crippen LogP contribution is -2.40. The van der Waals surface area contributed by atoms with Crippen LogP contribution in [-0.2, 0) is 14.3 Å². The van der Waals surface area contributed by atoms with Crippen molar-refractivity contribution in [3.63, 3.8) is 0 Å². The molecule has 1 aliphatic heterocycles. The summed E-state index contributed by atoms with van der Waals surface area (Å²) in [5, 5.41) is 0. The van der Waals surface area contributed by atoms with E-state index in [0.717, 1.165) is 38.8 Å². The minimum Gasteiger partial charge on any atom is -0.496 e. The van der Waals surface area contributed by atoms with Crippen molar-refractivity contribution in [3.05, 3.63) is 23.8 Å². The van der Waals surface area contributed by atoms with Crippen molar-refractivity contribution in [1.29, 1.82) is 0 Å². The van der Waals surface area contributed by atoms with Crippen molar-refractivity contribution in [3.8, 4) is 17.2 Å². The van der Waals surface area contributed by atoms with Crippen LogP contribution in [-0.4, -0.2) is 57.3 Å². The summed E-state index contributed by atoms with van der Waals surface area (Å²) in [5.41, 5.74) is 0.628. The zero-order valence-electron chi connectivity index (χ0n) is 17.0. The molecule has 28 heavy (non-hydrogen) atoms. The molecule has 0 radical (unpaired) electrons. The maximum Gasteiger partial charge on any atom is 0.331 e. The van der Waals surface area contributed by atoms with Crippen LogP contribution in [0.5, 0.6) is 17.2 Å². The molecule has 0 saturated carbocycles. The molecule has 7 heteroatoms. The number of carbonyl (C=O) groups is 2. The highest BCUT2D eigenvalue weighted by molar-refractivity contribution is 5.91. The molecular weight excluding hydrogens is 362 g/mol. The van der Waals surface area contributed by atoms with Crippen LogP contribution >= 0.6 is 0 Å². The Kier molecular flexibility index (Phi) is 8.17. The average Bonchev–Trinajstić information content (AvgIpc) is 3.00. The Balaban J connectivity index is 2.03. The van der Waals surface area contributed by atoms with Crippen LogP contribution in [0.3, 0.4) is 0 Å². The van der Waals surface area contributed by atoms with Gasteiger partial charge < -0.3 is 23.8 Å². The van der Waals surface area contributed by atoms with Crippen molar-refractivity contribution in [2.24, 2.45) is 0 Å². The van der Waals surface area contributed by atoms with Crippen LogP contribution in [0.15, 0.2) is 18.2 Å². The SMILES string of the molecule is COc1cc(OC)c(OC)cc1/C=C/C(=O)O[C@H](C)C(=O)N1CCCCCC1. The first kappa shape index (κ1) is 21.6. The molecule has 1 heterocycles. The number of amides is 1. The van der Waals surface area contributed by atoms with E-state index in [0.29, 0.717) is 22.8 Å². The highest BCUT2D eigenvalue weighted by Gasteiger charge is 2.23. The van der Waals surface area contributed by atoms with E-state index in [-0.39, 0.29) is 5.91 Å². The topological polar surface area (TPSA) is 74.3 Å². The molecule has 0 spiro atoms. The summed E-state index contributed by atoms with van der Waals surface area (Å²) in [6.07, 6.45) is 6.27. The number of esters is 1. The molecule has 1 aliphatic rings. The van der Waals surface area contributed by atoms with Crippen molar-refractivity contribution in [2.75, 3.05) is 34.4 Å². The molecule has 2 rings (SSSR count). The van der Waals surface area contributed by atoms with Gasteiger partial charge in [-0.2, -0.15) is 0 Å². The van der Waals surface area contributed by atoms with E-state index in [1.807, 2.05) is 0 Å². The van der Waals surface area contributed by atoms with Crippen LogP contribution in [0.4, 0.5) is 0 Å². The molecule has 1 saturated heterocycles. The van der Waals surface area contributed by atoms with Gasteiger partial charge in [0.2, 0.25) is 0 Å². The largest absolute Gasteiger partial charge is 0.496 e. The van der Waals surface area contributed by atoms with E-state index in [9.17, 15) is 9.59 Å². The first-order valence-corrected chi connectivity index (χ1v) is 9.47. The smallest absolute Gasteiger partial charge is 0.331 e. The molecule has 0 aromatic heterocycles. The Bertz CT molecular complexity index is 707. The lowest BCUT2D eigenvalue weighted by molar-refractivity contribution is -0.155. The van der Waals surface area contributed by atoms with Crippen LogP contribution in [0.25, 0.3) is 6.08 Å². The molecular formula is C21H29NO6. The Morgan fingerprint density at radius 3 is 2.07 bits per heavy atom. The molecule has 154 valence electrons. The number of hydrogen-bond acceptors (Lipinski definition) is 6. The zero-order valence-corrected chi connectivity index (χ0v) is 17.0. The van der Waals surface area contributed by atoms with Crippen molar-refractivity contribution >= 4 is 18.0 Å². The predicted molar refractivity (Wildman–Crippen MR) is 106 cm³/mol. The first-order valence-electron chi connectivity index (χ1n) is 9.47. The third kappa shape index (κ3) is 5.65. The van der Waals surface area contributed by atoms with Gasteiger partial charge in [-0.25, -0.2) is 4.79 Å². The minimum atomic E-state index is -0.817. The molecule has 1 fully saturated rings. The molecule has 0 N–H and O–H groups in total. The van der Waals surface area contributed by atoms with Gasteiger partial charge in [0.25, 0.3) is 5.91 Å².